The second-order valence-corrected chi connectivity index (χ2v) is 7.15. The highest BCUT2D eigenvalue weighted by Gasteiger charge is 2.36. The van der Waals surface area contributed by atoms with Crippen LogP contribution in [0.4, 0.5) is 11.4 Å². The molecule has 2 aromatic carbocycles. The van der Waals surface area contributed by atoms with E-state index in [4.69, 9.17) is 23.2 Å². The average Bonchev–Trinajstić information content (AvgIpc) is 2.93. The van der Waals surface area contributed by atoms with Gasteiger partial charge in [-0.3, -0.25) is 9.59 Å². The lowest BCUT2D eigenvalue weighted by Crippen LogP contribution is -2.28. The lowest BCUT2D eigenvalue weighted by molar-refractivity contribution is -0.122. The molecule has 1 fully saturated rings. The van der Waals surface area contributed by atoms with Crippen LogP contribution in [0.15, 0.2) is 36.4 Å². The molecule has 25 heavy (non-hydrogen) atoms. The summed E-state index contributed by atoms with van der Waals surface area (Å²) in [5, 5.41) is 3.84. The second-order valence-electron chi connectivity index (χ2n) is 6.31. The summed E-state index contributed by atoms with van der Waals surface area (Å²) < 4.78 is 0. The van der Waals surface area contributed by atoms with E-state index >= 15 is 0 Å². The monoisotopic (exact) mass is 376 g/mol. The molecule has 1 heterocycles. The van der Waals surface area contributed by atoms with E-state index in [0.29, 0.717) is 22.3 Å². The lowest BCUT2D eigenvalue weighted by Gasteiger charge is -2.18. The Hall–Kier alpha value is -2.04. The first-order valence-electron chi connectivity index (χ1n) is 7.98. The molecule has 0 aromatic heterocycles. The number of aryl methyl sites for hydroxylation is 2. The van der Waals surface area contributed by atoms with Crippen molar-refractivity contribution in [1.82, 2.24) is 0 Å². The van der Waals surface area contributed by atoms with Crippen molar-refractivity contribution in [2.24, 2.45) is 5.92 Å². The zero-order valence-electron chi connectivity index (χ0n) is 14.0. The highest BCUT2D eigenvalue weighted by molar-refractivity contribution is 6.36. The summed E-state index contributed by atoms with van der Waals surface area (Å²) in [7, 11) is 0. The summed E-state index contributed by atoms with van der Waals surface area (Å²) >= 11 is 12.1. The Bertz CT molecular complexity index is 851. The number of nitrogens with zero attached hydrogens (tertiary/aromatic N) is 1. The molecule has 4 nitrogen and oxygen atoms in total. The van der Waals surface area contributed by atoms with Crippen molar-refractivity contribution < 1.29 is 9.59 Å². The molecule has 2 amide bonds. The normalized spacial score (nSPS) is 17.0. The lowest BCUT2D eigenvalue weighted by atomic mass is 10.1. The van der Waals surface area contributed by atoms with E-state index in [1.807, 2.05) is 32.0 Å². The van der Waals surface area contributed by atoms with Crippen LogP contribution < -0.4 is 10.2 Å². The molecule has 0 bridgehead atoms. The Morgan fingerprint density at radius 3 is 2.64 bits per heavy atom. The molecular formula is C19H18Cl2N2O2. The maximum Gasteiger partial charge on any atom is 0.229 e. The number of nitrogens with one attached hydrogen (secondary N) is 1. The Labute approximate surface area is 156 Å². The minimum atomic E-state index is -0.417. The van der Waals surface area contributed by atoms with Crippen LogP contribution in [0, 0.1) is 19.8 Å². The predicted molar refractivity (Wildman–Crippen MR) is 101 cm³/mol. The van der Waals surface area contributed by atoms with E-state index in [-0.39, 0.29) is 18.2 Å². The van der Waals surface area contributed by atoms with Gasteiger partial charge in [-0.05, 0) is 49.2 Å². The van der Waals surface area contributed by atoms with E-state index in [0.717, 1.165) is 16.8 Å². The van der Waals surface area contributed by atoms with Gasteiger partial charge in [0, 0.05) is 23.7 Å². The highest BCUT2D eigenvalue weighted by Crippen LogP contribution is 2.33. The van der Waals surface area contributed by atoms with Crippen LogP contribution in [0.1, 0.15) is 17.5 Å². The molecule has 0 spiro atoms. The first-order valence-corrected chi connectivity index (χ1v) is 8.74. The molecule has 130 valence electrons. The third kappa shape index (κ3) is 3.80. The molecule has 0 saturated carbocycles. The number of hydrogen-bond donors (Lipinski definition) is 1. The molecule has 1 saturated heterocycles. The zero-order valence-corrected chi connectivity index (χ0v) is 15.5. The fraction of sp³-hybridized carbons (Fsp3) is 0.263. The molecule has 0 radical (unpaired) electrons. The van der Waals surface area contributed by atoms with Crippen LogP contribution in [0.2, 0.25) is 10.0 Å². The van der Waals surface area contributed by atoms with E-state index in [1.54, 1.807) is 23.1 Å². The Balaban J connectivity index is 1.75. The fourth-order valence-electron chi connectivity index (χ4n) is 2.92. The number of carbonyl (C=O) groups excluding carboxylic acids is 2. The van der Waals surface area contributed by atoms with Gasteiger partial charge in [-0.2, -0.15) is 0 Å². The predicted octanol–water partition coefficient (Wildman–Crippen LogP) is 4.60. The topological polar surface area (TPSA) is 49.4 Å². The van der Waals surface area contributed by atoms with Crippen molar-refractivity contribution >= 4 is 46.4 Å². The Morgan fingerprint density at radius 2 is 1.92 bits per heavy atom. The number of amides is 2. The summed E-state index contributed by atoms with van der Waals surface area (Å²) in [6, 6.07) is 10.9. The van der Waals surface area contributed by atoms with Crippen LogP contribution in [0.5, 0.6) is 0 Å². The quantitative estimate of drug-likeness (QED) is 0.850. The fourth-order valence-corrected chi connectivity index (χ4v) is 3.43. The third-order valence-corrected chi connectivity index (χ3v) is 4.89. The van der Waals surface area contributed by atoms with E-state index in [9.17, 15) is 9.59 Å². The molecule has 1 atom stereocenters. The summed E-state index contributed by atoms with van der Waals surface area (Å²) in [5.74, 6) is -0.695. The van der Waals surface area contributed by atoms with Gasteiger partial charge in [0.15, 0.2) is 0 Å². The Kier molecular flexibility index (Phi) is 5.02. The molecule has 1 aliphatic heterocycles. The van der Waals surface area contributed by atoms with Gasteiger partial charge in [-0.25, -0.2) is 0 Å². The maximum atomic E-state index is 12.6. The van der Waals surface area contributed by atoms with Crippen LogP contribution in [0.3, 0.4) is 0 Å². The van der Waals surface area contributed by atoms with Crippen LogP contribution >= 0.6 is 23.2 Å². The van der Waals surface area contributed by atoms with Crippen molar-refractivity contribution in [2.75, 3.05) is 16.8 Å². The molecule has 6 heteroatoms. The first kappa shape index (κ1) is 17.8. The summed E-state index contributed by atoms with van der Waals surface area (Å²) in [6.07, 6.45) is 0.162. The standard InChI is InChI=1S/C19H18Cl2N2O2/c1-11-3-4-12(2)16(7-11)22-19(25)13-8-18(24)23(10-13)17-6-5-14(20)9-15(17)21/h3-7,9,13H,8,10H2,1-2H3,(H,22,25). The summed E-state index contributed by atoms with van der Waals surface area (Å²) in [6.45, 7) is 4.21. The molecule has 0 aliphatic carbocycles. The van der Waals surface area contributed by atoms with E-state index in [2.05, 4.69) is 5.32 Å². The number of benzene rings is 2. The number of halogens is 2. The Morgan fingerprint density at radius 1 is 1.16 bits per heavy atom. The van der Waals surface area contributed by atoms with Crippen LogP contribution in [-0.2, 0) is 9.59 Å². The van der Waals surface area contributed by atoms with Gasteiger partial charge in [0.05, 0.1) is 16.6 Å². The molecule has 3 rings (SSSR count). The first-order chi connectivity index (χ1) is 11.8. The van der Waals surface area contributed by atoms with Crippen molar-refractivity contribution in [2.45, 2.75) is 20.3 Å². The smallest absolute Gasteiger partial charge is 0.229 e. The van der Waals surface area contributed by atoms with Crippen LogP contribution in [-0.4, -0.2) is 18.4 Å². The van der Waals surface area contributed by atoms with Gasteiger partial charge < -0.3 is 10.2 Å². The number of anilines is 2. The molecule has 1 unspecified atom stereocenters. The van der Waals surface area contributed by atoms with Gasteiger partial charge in [0.1, 0.15) is 0 Å². The number of carbonyl (C=O) groups is 2. The van der Waals surface area contributed by atoms with Gasteiger partial charge in [-0.1, -0.05) is 35.3 Å². The number of rotatable bonds is 3. The summed E-state index contributed by atoms with van der Waals surface area (Å²) in [5.41, 5.74) is 3.41. The summed E-state index contributed by atoms with van der Waals surface area (Å²) in [4.78, 5) is 26.5. The zero-order chi connectivity index (χ0) is 18.1. The minimum absolute atomic E-state index is 0.120. The largest absolute Gasteiger partial charge is 0.326 e. The molecule has 2 aromatic rings. The van der Waals surface area contributed by atoms with Gasteiger partial charge in [-0.15, -0.1) is 0 Å². The third-order valence-electron chi connectivity index (χ3n) is 4.35. The van der Waals surface area contributed by atoms with E-state index < -0.39 is 5.92 Å². The van der Waals surface area contributed by atoms with Crippen LogP contribution in [0.25, 0.3) is 0 Å². The highest BCUT2D eigenvalue weighted by atomic mass is 35.5. The number of hydrogen-bond acceptors (Lipinski definition) is 2. The van der Waals surface area contributed by atoms with Crippen molar-refractivity contribution in [3.05, 3.63) is 57.6 Å². The molecule has 1 N–H and O–H groups in total. The second kappa shape index (κ2) is 7.06. The van der Waals surface area contributed by atoms with Gasteiger partial charge in [0.25, 0.3) is 0 Å². The minimum Gasteiger partial charge on any atom is -0.326 e. The van der Waals surface area contributed by atoms with Crippen molar-refractivity contribution in [3.63, 3.8) is 0 Å². The molecule has 1 aliphatic rings. The van der Waals surface area contributed by atoms with E-state index in [1.165, 1.54) is 0 Å². The van der Waals surface area contributed by atoms with Gasteiger partial charge >= 0.3 is 0 Å². The average molecular weight is 377 g/mol. The maximum absolute atomic E-state index is 12.6. The van der Waals surface area contributed by atoms with Crippen molar-refractivity contribution in [3.8, 4) is 0 Å². The SMILES string of the molecule is Cc1ccc(C)c(NC(=O)C2CC(=O)N(c3ccc(Cl)cc3Cl)C2)c1. The van der Waals surface area contributed by atoms with Gasteiger partial charge in [0.2, 0.25) is 11.8 Å². The van der Waals surface area contributed by atoms with Crippen molar-refractivity contribution in [1.29, 1.82) is 0 Å². The molecular weight excluding hydrogens is 359 g/mol.